The summed E-state index contributed by atoms with van der Waals surface area (Å²) in [6.07, 6.45) is 1.22. The number of rotatable bonds is 4. The first-order chi connectivity index (χ1) is 6.65. The minimum absolute atomic E-state index is 0.0875. The number of pyridine rings is 1. The van der Waals surface area contributed by atoms with E-state index in [0.717, 1.165) is 11.3 Å². The van der Waals surface area contributed by atoms with Crippen molar-refractivity contribution in [3.63, 3.8) is 0 Å². The molecule has 0 aliphatic rings. The predicted octanol–water partition coefficient (Wildman–Crippen LogP) is 1.71. The molecule has 1 heterocycles. The van der Waals surface area contributed by atoms with Gasteiger partial charge in [0, 0.05) is 24.9 Å². The number of methoxy groups -OCH3 is 1. The average Bonchev–Trinajstić information content (AvgIpc) is 2.18. The SMILES string of the molecule is COCC(C)C(O)c1ccc(C)nc1. The summed E-state index contributed by atoms with van der Waals surface area (Å²) in [4.78, 5) is 4.14. The van der Waals surface area contributed by atoms with Gasteiger partial charge in [-0.3, -0.25) is 4.98 Å². The third-order valence-electron chi connectivity index (χ3n) is 2.24. The molecule has 0 aliphatic carbocycles. The molecule has 14 heavy (non-hydrogen) atoms. The van der Waals surface area contributed by atoms with E-state index in [1.165, 1.54) is 0 Å². The molecule has 1 N–H and O–H groups in total. The third kappa shape index (κ3) is 2.79. The lowest BCUT2D eigenvalue weighted by atomic mass is 9.99. The Balaban J connectivity index is 2.68. The molecule has 0 bridgehead atoms. The van der Waals surface area contributed by atoms with Crippen LogP contribution in [-0.4, -0.2) is 23.8 Å². The van der Waals surface area contributed by atoms with E-state index in [1.807, 2.05) is 26.0 Å². The third-order valence-corrected chi connectivity index (χ3v) is 2.24. The van der Waals surface area contributed by atoms with Gasteiger partial charge in [-0.15, -0.1) is 0 Å². The van der Waals surface area contributed by atoms with Crippen LogP contribution >= 0.6 is 0 Å². The minimum atomic E-state index is -0.497. The molecule has 78 valence electrons. The van der Waals surface area contributed by atoms with Crippen LogP contribution in [0.2, 0.25) is 0 Å². The van der Waals surface area contributed by atoms with E-state index in [-0.39, 0.29) is 5.92 Å². The van der Waals surface area contributed by atoms with Crippen LogP contribution in [0.25, 0.3) is 0 Å². The molecule has 2 unspecified atom stereocenters. The van der Waals surface area contributed by atoms with Gasteiger partial charge in [0.2, 0.25) is 0 Å². The Labute approximate surface area is 84.7 Å². The molecule has 1 aromatic rings. The van der Waals surface area contributed by atoms with E-state index in [2.05, 4.69) is 4.98 Å². The standard InChI is InChI=1S/C11H17NO2/c1-8(7-14-3)11(13)10-5-4-9(2)12-6-10/h4-6,8,11,13H,7H2,1-3H3. The quantitative estimate of drug-likeness (QED) is 0.795. The zero-order valence-corrected chi connectivity index (χ0v) is 8.90. The highest BCUT2D eigenvalue weighted by Crippen LogP contribution is 2.21. The highest BCUT2D eigenvalue weighted by atomic mass is 16.5. The fraction of sp³-hybridized carbons (Fsp3) is 0.545. The van der Waals surface area contributed by atoms with E-state index >= 15 is 0 Å². The molecule has 2 atom stereocenters. The topological polar surface area (TPSA) is 42.4 Å². The highest BCUT2D eigenvalue weighted by molar-refractivity contribution is 5.16. The average molecular weight is 195 g/mol. The normalized spacial score (nSPS) is 15.1. The van der Waals surface area contributed by atoms with Gasteiger partial charge in [0.1, 0.15) is 0 Å². The summed E-state index contributed by atoms with van der Waals surface area (Å²) in [6, 6.07) is 3.80. The molecule has 0 amide bonds. The fourth-order valence-electron chi connectivity index (χ4n) is 1.34. The lowest BCUT2D eigenvalue weighted by molar-refractivity contribution is 0.0564. The van der Waals surface area contributed by atoms with Gasteiger partial charge >= 0.3 is 0 Å². The monoisotopic (exact) mass is 195 g/mol. The van der Waals surface area contributed by atoms with Crippen LogP contribution in [0.15, 0.2) is 18.3 Å². The van der Waals surface area contributed by atoms with Crippen LogP contribution in [0.5, 0.6) is 0 Å². The zero-order valence-electron chi connectivity index (χ0n) is 8.90. The summed E-state index contributed by atoms with van der Waals surface area (Å²) >= 11 is 0. The van der Waals surface area contributed by atoms with Crippen LogP contribution in [-0.2, 0) is 4.74 Å². The van der Waals surface area contributed by atoms with Gasteiger partial charge in [-0.2, -0.15) is 0 Å². The molecular formula is C11H17NO2. The van der Waals surface area contributed by atoms with Crippen molar-refractivity contribution in [3.05, 3.63) is 29.6 Å². The number of hydrogen-bond acceptors (Lipinski definition) is 3. The molecule has 0 fully saturated rings. The molecule has 1 aromatic heterocycles. The van der Waals surface area contributed by atoms with Crippen molar-refractivity contribution in [2.75, 3.05) is 13.7 Å². The molecule has 0 saturated carbocycles. The maximum atomic E-state index is 9.89. The van der Waals surface area contributed by atoms with Crippen LogP contribution in [0.4, 0.5) is 0 Å². The molecule has 0 radical (unpaired) electrons. The van der Waals surface area contributed by atoms with Gasteiger partial charge in [-0.1, -0.05) is 13.0 Å². The number of ether oxygens (including phenoxy) is 1. The Kier molecular flexibility index (Phi) is 4.04. The maximum absolute atomic E-state index is 9.89. The number of nitrogens with zero attached hydrogens (tertiary/aromatic N) is 1. The van der Waals surface area contributed by atoms with Crippen molar-refractivity contribution in [1.29, 1.82) is 0 Å². The Morgan fingerprint density at radius 1 is 1.50 bits per heavy atom. The summed E-state index contributed by atoms with van der Waals surface area (Å²) in [5, 5.41) is 9.89. The van der Waals surface area contributed by atoms with Crippen LogP contribution in [0.1, 0.15) is 24.3 Å². The summed E-state index contributed by atoms with van der Waals surface area (Å²) in [5.41, 5.74) is 1.81. The number of hydrogen-bond donors (Lipinski definition) is 1. The first-order valence-corrected chi connectivity index (χ1v) is 4.74. The van der Waals surface area contributed by atoms with Crippen molar-refractivity contribution in [2.45, 2.75) is 20.0 Å². The van der Waals surface area contributed by atoms with Gasteiger partial charge in [0.25, 0.3) is 0 Å². The second kappa shape index (κ2) is 5.08. The number of aliphatic hydroxyl groups is 1. The molecule has 3 nitrogen and oxygen atoms in total. The van der Waals surface area contributed by atoms with Crippen LogP contribution in [0, 0.1) is 12.8 Å². The van der Waals surface area contributed by atoms with Crippen molar-refractivity contribution in [2.24, 2.45) is 5.92 Å². The molecule has 0 spiro atoms. The predicted molar refractivity (Wildman–Crippen MR) is 55.0 cm³/mol. The molecular weight excluding hydrogens is 178 g/mol. The fourth-order valence-corrected chi connectivity index (χ4v) is 1.34. The molecule has 1 rings (SSSR count). The molecule has 0 aromatic carbocycles. The summed E-state index contributed by atoms with van der Waals surface area (Å²) in [5.74, 6) is 0.0875. The van der Waals surface area contributed by atoms with Gasteiger partial charge < -0.3 is 9.84 Å². The zero-order chi connectivity index (χ0) is 10.6. The van der Waals surface area contributed by atoms with Gasteiger partial charge in [0.05, 0.1) is 12.7 Å². The van der Waals surface area contributed by atoms with E-state index < -0.39 is 6.10 Å². The number of aliphatic hydroxyl groups excluding tert-OH is 1. The van der Waals surface area contributed by atoms with Crippen molar-refractivity contribution >= 4 is 0 Å². The Morgan fingerprint density at radius 2 is 2.21 bits per heavy atom. The second-order valence-electron chi connectivity index (χ2n) is 3.61. The van der Waals surface area contributed by atoms with Gasteiger partial charge in [-0.25, -0.2) is 0 Å². The number of aryl methyl sites for hydroxylation is 1. The molecule has 0 aliphatic heterocycles. The summed E-state index contributed by atoms with van der Waals surface area (Å²) < 4.78 is 4.99. The van der Waals surface area contributed by atoms with Crippen LogP contribution < -0.4 is 0 Å². The van der Waals surface area contributed by atoms with Crippen LogP contribution in [0.3, 0.4) is 0 Å². The van der Waals surface area contributed by atoms with Crippen molar-refractivity contribution in [1.82, 2.24) is 4.98 Å². The van der Waals surface area contributed by atoms with E-state index in [4.69, 9.17) is 4.74 Å². The Bertz CT molecular complexity index is 271. The first-order valence-electron chi connectivity index (χ1n) is 4.74. The Morgan fingerprint density at radius 3 is 2.71 bits per heavy atom. The smallest absolute Gasteiger partial charge is 0.0852 e. The van der Waals surface area contributed by atoms with E-state index in [0.29, 0.717) is 6.61 Å². The second-order valence-corrected chi connectivity index (χ2v) is 3.61. The summed E-state index contributed by atoms with van der Waals surface area (Å²) in [6.45, 7) is 4.43. The van der Waals surface area contributed by atoms with E-state index in [9.17, 15) is 5.11 Å². The van der Waals surface area contributed by atoms with E-state index in [1.54, 1.807) is 13.3 Å². The number of aromatic nitrogens is 1. The van der Waals surface area contributed by atoms with Crippen molar-refractivity contribution < 1.29 is 9.84 Å². The van der Waals surface area contributed by atoms with Gasteiger partial charge in [-0.05, 0) is 18.6 Å². The Hall–Kier alpha value is -0.930. The lowest BCUT2D eigenvalue weighted by Crippen LogP contribution is -2.14. The minimum Gasteiger partial charge on any atom is -0.388 e. The first kappa shape index (κ1) is 11.1. The molecule has 3 heteroatoms. The molecule has 0 saturated heterocycles. The maximum Gasteiger partial charge on any atom is 0.0852 e. The summed E-state index contributed by atoms with van der Waals surface area (Å²) in [7, 11) is 1.64. The lowest BCUT2D eigenvalue weighted by Gasteiger charge is -2.17. The van der Waals surface area contributed by atoms with Crippen molar-refractivity contribution in [3.8, 4) is 0 Å². The van der Waals surface area contributed by atoms with Gasteiger partial charge in [0.15, 0.2) is 0 Å². The largest absolute Gasteiger partial charge is 0.388 e. The highest BCUT2D eigenvalue weighted by Gasteiger charge is 2.15.